The minimum Gasteiger partial charge on any atom is -0.497 e. The van der Waals surface area contributed by atoms with Gasteiger partial charge in [-0.05, 0) is 34.5 Å². The fraction of sp³-hybridized carbons (Fsp3) is 0.286. The van der Waals surface area contributed by atoms with E-state index in [0.29, 0.717) is 16.5 Å². The molecule has 1 unspecified atom stereocenters. The van der Waals surface area contributed by atoms with Crippen LogP contribution in [0.2, 0.25) is 0 Å². The molecule has 0 fully saturated rings. The lowest BCUT2D eigenvalue weighted by molar-refractivity contribution is -0.281. The molecular weight excluding hydrogens is 359 g/mol. The van der Waals surface area contributed by atoms with Crippen molar-refractivity contribution in [2.75, 3.05) is 7.11 Å². The molecule has 0 aromatic heterocycles. The molecule has 1 atom stereocenters. The molecule has 0 radical (unpaired) electrons. The van der Waals surface area contributed by atoms with E-state index in [2.05, 4.69) is 15.9 Å². The average molecular weight is 369 g/mol. The second-order valence-corrected chi connectivity index (χ2v) is 5.37. The van der Waals surface area contributed by atoms with Gasteiger partial charge in [0.05, 0.1) is 7.11 Å². The number of hydrogen-bond donors (Lipinski definition) is 0. The standard InChI is InChI=1S/C14H10BrF5O/c1-21-11-5-4-8-6-10(3-2-9(8)7-11)12(15)13(16,17)14(18,19)20/h2-7,12H,1H3. The van der Waals surface area contributed by atoms with Gasteiger partial charge in [0.1, 0.15) is 10.6 Å². The maximum Gasteiger partial charge on any atom is 0.454 e. The summed E-state index contributed by atoms with van der Waals surface area (Å²) < 4.78 is 68.9. The number of methoxy groups -OCH3 is 1. The van der Waals surface area contributed by atoms with Crippen molar-refractivity contribution in [3.8, 4) is 5.75 Å². The van der Waals surface area contributed by atoms with E-state index in [-0.39, 0.29) is 5.56 Å². The van der Waals surface area contributed by atoms with E-state index < -0.39 is 16.9 Å². The zero-order chi connectivity index (χ0) is 15.8. The third kappa shape index (κ3) is 2.97. The molecule has 0 spiro atoms. The van der Waals surface area contributed by atoms with Crippen molar-refractivity contribution in [1.82, 2.24) is 0 Å². The summed E-state index contributed by atoms with van der Waals surface area (Å²) in [4.78, 5) is -2.14. The lowest BCUT2D eigenvalue weighted by Crippen LogP contribution is -2.39. The molecule has 2 rings (SSSR count). The maximum atomic E-state index is 13.3. The number of alkyl halides is 6. The second-order valence-electron chi connectivity index (χ2n) is 4.46. The van der Waals surface area contributed by atoms with Crippen LogP contribution in [-0.2, 0) is 0 Å². The molecule has 114 valence electrons. The first kappa shape index (κ1) is 16.0. The van der Waals surface area contributed by atoms with E-state index >= 15 is 0 Å². The van der Waals surface area contributed by atoms with Gasteiger partial charge in [-0.2, -0.15) is 22.0 Å². The van der Waals surface area contributed by atoms with E-state index in [1.807, 2.05) is 0 Å². The van der Waals surface area contributed by atoms with E-state index in [4.69, 9.17) is 4.74 Å². The van der Waals surface area contributed by atoms with Crippen molar-refractivity contribution in [2.45, 2.75) is 16.9 Å². The molecule has 0 aliphatic rings. The average Bonchev–Trinajstić information content (AvgIpc) is 2.44. The van der Waals surface area contributed by atoms with E-state index in [1.165, 1.54) is 25.3 Å². The van der Waals surface area contributed by atoms with Gasteiger partial charge in [-0.3, -0.25) is 0 Å². The Balaban J connectivity index is 2.43. The summed E-state index contributed by atoms with van der Waals surface area (Å²) in [6.45, 7) is 0. The van der Waals surface area contributed by atoms with E-state index in [9.17, 15) is 22.0 Å². The lowest BCUT2D eigenvalue weighted by atomic mass is 10.0. The number of hydrogen-bond acceptors (Lipinski definition) is 1. The van der Waals surface area contributed by atoms with Crippen LogP contribution < -0.4 is 4.74 Å². The minimum atomic E-state index is -5.62. The fourth-order valence-corrected chi connectivity index (χ4v) is 2.42. The quantitative estimate of drug-likeness (QED) is 0.514. The molecule has 21 heavy (non-hydrogen) atoms. The number of halogens is 6. The molecule has 7 heteroatoms. The molecule has 1 nitrogen and oxygen atoms in total. The monoisotopic (exact) mass is 368 g/mol. The SMILES string of the molecule is COc1ccc2cc(C(Br)C(F)(F)C(F)(F)F)ccc2c1. The largest absolute Gasteiger partial charge is 0.497 e. The Morgan fingerprint density at radius 3 is 2.10 bits per heavy atom. The first-order chi connectivity index (χ1) is 9.66. The molecule has 0 aliphatic heterocycles. The third-order valence-electron chi connectivity index (χ3n) is 3.06. The Hall–Kier alpha value is -1.37. The Kier molecular flexibility index (Phi) is 4.15. The van der Waals surface area contributed by atoms with Gasteiger partial charge in [0.25, 0.3) is 0 Å². The molecule has 2 aromatic rings. The van der Waals surface area contributed by atoms with Gasteiger partial charge in [-0.25, -0.2) is 0 Å². The summed E-state index contributed by atoms with van der Waals surface area (Å²) in [5.74, 6) is -4.28. The van der Waals surface area contributed by atoms with Crippen LogP contribution in [0.3, 0.4) is 0 Å². The molecule has 0 heterocycles. The van der Waals surface area contributed by atoms with Crippen LogP contribution in [0.4, 0.5) is 22.0 Å². The van der Waals surface area contributed by atoms with Crippen molar-refractivity contribution in [2.24, 2.45) is 0 Å². The van der Waals surface area contributed by atoms with Gasteiger partial charge in [-0.1, -0.05) is 34.1 Å². The molecule has 0 N–H and O–H groups in total. The van der Waals surface area contributed by atoms with Crippen molar-refractivity contribution >= 4 is 26.7 Å². The molecule has 0 saturated carbocycles. The van der Waals surface area contributed by atoms with Gasteiger partial charge < -0.3 is 4.74 Å². The molecule has 0 aliphatic carbocycles. The summed E-state index contributed by atoms with van der Waals surface area (Å²) >= 11 is 2.46. The van der Waals surface area contributed by atoms with Crippen LogP contribution >= 0.6 is 15.9 Å². The molecule has 0 bridgehead atoms. The van der Waals surface area contributed by atoms with Crippen LogP contribution in [0, 0.1) is 0 Å². The van der Waals surface area contributed by atoms with Crippen LogP contribution in [0.15, 0.2) is 36.4 Å². The molecule has 2 aromatic carbocycles. The number of fused-ring (bicyclic) bond motifs is 1. The normalized spacial score (nSPS) is 14.2. The highest BCUT2D eigenvalue weighted by atomic mass is 79.9. The smallest absolute Gasteiger partial charge is 0.454 e. The summed E-state index contributed by atoms with van der Waals surface area (Å²) in [7, 11) is 1.48. The van der Waals surface area contributed by atoms with Gasteiger partial charge in [0.15, 0.2) is 0 Å². The molecule has 0 saturated heterocycles. The van der Waals surface area contributed by atoms with Crippen molar-refractivity contribution in [1.29, 1.82) is 0 Å². The number of rotatable bonds is 3. The first-order valence-electron chi connectivity index (χ1n) is 5.83. The van der Waals surface area contributed by atoms with Gasteiger partial charge >= 0.3 is 12.1 Å². The Morgan fingerprint density at radius 2 is 1.52 bits per heavy atom. The van der Waals surface area contributed by atoms with E-state index in [1.54, 1.807) is 18.2 Å². The minimum absolute atomic E-state index is 0.144. The van der Waals surface area contributed by atoms with Gasteiger partial charge in [-0.15, -0.1) is 0 Å². The predicted octanol–water partition coefficient (Wildman–Crippen LogP) is 5.48. The van der Waals surface area contributed by atoms with Crippen LogP contribution in [-0.4, -0.2) is 19.2 Å². The Morgan fingerprint density at radius 1 is 0.952 bits per heavy atom. The molecule has 0 amide bonds. The molecular formula is C14H10BrF5O. The van der Waals surface area contributed by atoms with Crippen LogP contribution in [0.25, 0.3) is 10.8 Å². The second kappa shape index (κ2) is 5.44. The topological polar surface area (TPSA) is 9.23 Å². The zero-order valence-corrected chi connectivity index (χ0v) is 12.3. The van der Waals surface area contributed by atoms with Crippen LogP contribution in [0.5, 0.6) is 5.75 Å². The summed E-state index contributed by atoms with van der Waals surface area (Å²) in [6, 6.07) is 8.90. The van der Waals surface area contributed by atoms with Gasteiger partial charge in [0, 0.05) is 0 Å². The number of benzene rings is 2. The first-order valence-corrected chi connectivity index (χ1v) is 6.74. The lowest BCUT2D eigenvalue weighted by Gasteiger charge is -2.25. The Labute approximate surface area is 125 Å². The Bertz CT molecular complexity index is 653. The predicted molar refractivity (Wildman–Crippen MR) is 73.2 cm³/mol. The third-order valence-corrected chi connectivity index (χ3v) is 4.16. The van der Waals surface area contributed by atoms with E-state index in [0.717, 1.165) is 0 Å². The fourth-order valence-electron chi connectivity index (χ4n) is 1.88. The van der Waals surface area contributed by atoms with Crippen molar-refractivity contribution in [3.63, 3.8) is 0 Å². The highest BCUT2D eigenvalue weighted by Crippen LogP contribution is 2.49. The highest BCUT2D eigenvalue weighted by Gasteiger charge is 2.62. The van der Waals surface area contributed by atoms with Crippen LogP contribution in [0.1, 0.15) is 10.4 Å². The van der Waals surface area contributed by atoms with Gasteiger partial charge in [0.2, 0.25) is 0 Å². The summed E-state index contributed by atoms with van der Waals surface area (Å²) in [5.41, 5.74) is -0.144. The van der Waals surface area contributed by atoms with Crippen molar-refractivity contribution in [3.05, 3.63) is 42.0 Å². The summed E-state index contributed by atoms with van der Waals surface area (Å²) in [6.07, 6.45) is -5.62. The zero-order valence-electron chi connectivity index (χ0n) is 10.7. The maximum absolute atomic E-state index is 13.3. The summed E-state index contributed by atoms with van der Waals surface area (Å²) in [5, 5.41) is 1.24. The highest BCUT2D eigenvalue weighted by molar-refractivity contribution is 9.09. The number of ether oxygens (including phenoxy) is 1. The van der Waals surface area contributed by atoms with Crippen molar-refractivity contribution < 1.29 is 26.7 Å².